The van der Waals surface area contributed by atoms with Gasteiger partial charge in [0.15, 0.2) is 0 Å². The van der Waals surface area contributed by atoms with E-state index in [0.717, 1.165) is 43.0 Å². The van der Waals surface area contributed by atoms with Gasteiger partial charge in [0.05, 0.1) is 31.3 Å². The van der Waals surface area contributed by atoms with E-state index in [-0.39, 0.29) is 6.42 Å². The molecule has 2 atom stereocenters. The monoisotopic (exact) mass is 491 g/mol. The molecule has 0 spiro atoms. The van der Waals surface area contributed by atoms with E-state index < -0.39 is 5.72 Å². The summed E-state index contributed by atoms with van der Waals surface area (Å²) in [6.45, 7) is 9.11. The zero-order chi connectivity index (χ0) is 25.3. The van der Waals surface area contributed by atoms with Crippen LogP contribution in [0.3, 0.4) is 0 Å². The molecule has 2 saturated heterocycles. The molecule has 192 valence electrons. The third kappa shape index (κ3) is 4.99. The summed E-state index contributed by atoms with van der Waals surface area (Å²) in [4.78, 5) is 16.6. The van der Waals surface area contributed by atoms with Crippen molar-refractivity contribution in [2.45, 2.75) is 57.8 Å². The average molecular weight is 492 g/mol. The second kappa shape index (κ2) is 10.2. The summed E-state index contributed by atoms with van der Waals surface area (Å²) < 4.78 is 6.20. The van der Waals surface area contributed by atoms with Crippen LogP contribution in [-0.4, -0.2) is 78.1 Å². The fourth-order valence-corrected chi connectivity index (χ4v) is 5.66. The van der Waals surface area contributed by atoms with Crippen molar-refractivity contribution in [3.63, 3.8) is 0 Å². The molecule has 2 aromatic rings. The number of likely N-dealkylation sites (N-methyl/N-ethyl adjacent to an activating group) is 1. The lowest BCUT2D eigenvalue weighted by Crippen LogP contribution is -2.61. The van der Waals surface area contributed by atoms with Crippen molar-refractivity contribution in [1.82, 2.24) is 20.2 Å². The van der Waals surface area contributed by atoms with Crippen molar-refractivity contribution in [1.29, 1.82) is 5.26 Å². The number of nitrogens with one attached hydrogen (secondary N) is 1. The minimum absolute atomic E-state index is 0.0224. The highest BCUT2D eigenvalue weighted by Gasteiger charge is 2.36. The van der Waals surface area contributed by atoms with Gasteiger partial charge < -0.3 is 24.5 Å². The maximum Gasteiger partial charge on any atom is 0.318 e. The predicted octanol–water partition coefficient (Wildman–Crippen LogP) is 2.14. The molecule has 36 heavy (non-hydrogen) atoms. The van der Waals surface area contributed by atoms with Gasteiger partial charge in [0.1, 0.15) is 18.1 Å². The van der Waals surface area contributed by atoms with Crippen LogP contribution in [0.5, 0.6) is 6.01 Å². The Morgan fingerprint density at radius 1 is 1.22 bits per heavy atom. The topological polar surface area (TPSA) is 101 Å². The SMILES string of the molecule is Cc1cccc(N2CCc3c(nc(OC[C@@H]4CCCN4C)nc3N3CCN[C@](O)(CC#N)C3)C2)c1C. The second-order valence-corrected chi connectivity index (χ2v) is 10.4. The highest BCUT2D eigenvalue weighted by molar-refractivity contribution is 5.60. The summed E-state index contributed by atoms with van der Waals surface area (Å²) >= 11 is 0. The molecule has 0 radical (unpaired) electrons. The fraction of sp³-hybridized carbons (Fsp3) is 0.593. The van der Waals surface area contributed by atoms with Crippen molar-refractivity contribution < 1.29 is 9.84 Å². The van der Waals surface area contributed by atoms with Gasteiger partial charge in [-0.3, -0.25) is 5.32 Å². The standard InChI is InChI=1S/C27H37N7O2/c1-19-6-4-8-24(20(19)2)33-14-9-22-23(16-33)30-26(36-17-21-7-5-13-32(21)3)31-25(22)34-15-12-29-27(35,18-34)10-11-28/h4,6,8,21,29,35H,5,7,9-10,12-18H2,1-3H3/t21-,27-/m0/s1. The summed E-state index contributed by atoms with van der Waals surface area (Å²) in [6, 6.07) is 9.32. The van der Waals surface area contributed by atoms with Crippen LogP contribution in [0.25, 0.3) is 0 Å². The molecule has 2 N–H and O–H groups in total. The quantitative estimate of drug-likeness (QED) is 0.629. The lowest BCUT2D eigenvalue weighted by molar-refractivity contribution is 0.00692. The van der Waals surface area contributed by atoms with Crippen LogP contribution in [0.1, 0.15) is 41.6 Å². The minimum Gasteiger partial charge on any atom is -0.462 e. The first kappa shape index (κ1) is 24.8. The van der Waals surface area contributed by atoms with Gasteiger partial charge in [-0.25, -0.2) is 0 Å². The molecule has 0 amide bonds. The largest absolute Gasteiger partial charge is 0.462 e. The molecule has 0 unspecified atom stereocenters. The average Bonchev–Trinajstić information content (AvgIpc) is 3.28. The Balaban J connectivity index is 1.46. The van der Waals surface area contributed by atoms with E-state index in [2.05, 4.69) is 65.2 Å². The van der Waals surface area contributed by atoms with E-state index >= 15 is 0 Å². The second-order valence-electron chi connectivity index (χ2n) is 10.4. The van der Waals surface area contributed by atoms with Gasteiger partial charge in [-0.15, -0.1) is 0 Å². The molecule has 4 heterocycles. The number of nitriles is 1. The van der Waals surface area contributed by atoms with Gasteiger partial charge in [-0.05, 0) is 63.9 Å². The first-order valence-electron chi connectivity index (χ1n) is 13.0. The summed E-state index contributed by atoms with van der Waals surface area (Å²) in [5, 5.41) is 23.3. The van der Waals surface area contributed by atoms with E-state index in [9.17, 15) is 10.4 Å². The Bertz CT molecular complexity index is 1150. The van der Waals surface area contributed by atoms with Crippen molar-refractivity contribution in [2.24, 2.45) is 0 Å². The van der Waals surface area contributed by atoms with E-state index in [1.165, 1.54) is 23.2 Å². The lowest BCUT2D eigenvalue weighted by atomic mass is 10.0. The van der Waals surface area contributed by atoms with Crippen LogP contribution in [0.4, 0.5) is 11.5 Å². The molecule has 1 aromatic carbocycles. The Kier molecular flexibility index (Phi) is 7.02. The number of hydrogen-bond acceptors (Lipinski definition) is 9. The van der Waals surface area contributed by atoms with Crippen LogP contribution in [-0.2, 0) is 13.0 Å². The van der Waals surface area contributed by atoms with Crippen molar-refractivity contribution in [3.05, 3.63) is 40.6 Å². The molecule has 5 rings (SSSR count). The van der Waals surface area contributed by atoms with Gasteiger partial charge in [-0.2, -0.15) is 15.2 Å². The number of anilines is 2. The molecule has 0 aliphatic carbocycles. The first-order valence-corrected chi connectivity index (χ1v) is 13.0. The molecule has 0 bridgehead atoms. The molecule has 3 aliphatic heterocycles. The number of ether oxygens (including phenoxy) is 1. The molecule has 0 saturated carbocycles. The Labute approximate surface area is 213 Å². The van der Waals surface area contributed by atoms with E-state index in [1.807, 2.05) is 0 Å². The number of β-amino-alcohol motifs (C(OH)–C–C–N with tert-alkyl or cyclic N) is 1. The van der Waals surface area contributed by atoms with Gasteiger partial charge in [0.2, 0.25) is 0 Å². The van der Waals surface area contributed by atoms with Gasteiger partial charge in [0, 0.05) is 36.9 Å². The molecular weight excluding hydrogens is 454 g/mol. The number of aryl methyl sites for hydroxylation is 1. The van der Waals surface area contributed by atoms with E-state index in [1.54, 1.807) is 0 Å². The highest BCUT2D eigenvalue weighted by Crippen LogP contribution is 2.34. The maximum absolute atomic E-state index is 10.9. The van der Waals surface area contributed by atoms with Crippen LogP contribution < -0.4 is 19.9 Å². The molecular formula is C27H37N7O2. The zero-order valence-electron chi connectivity index (χ0n) is 21.6. The summed E-state index contributed by atoms with van der Waals surface area (Å²) in [6.07, 6.45) is 3.14. The number of piperazine rings is 1. The highest BCUT2D eigenvalue weighted by atomic mass is 16.5. The predicted molar refractivity (Wildman–Crippen MR) is 139 cm³/mol. The van der Waals surface area contributed by atoms with Crippen LogP contribution in [0.15, 0.2) is 18.2 Å². The zero-order valence-corrected chi connectivity index (χ0v) is 21.6. The lowest BCUT2D eigenvalue weighted by Gasteiger charge is -2.41. The molecule has 3 aliphatic rings. The summed E-state index contributed by atoms with van der Waals surface area (Å²) in [5.74, 6) is 0.827. The van der Waals surface area contributed by atoms with Crippen molar-refractivity contribution in [3.8, 4) is 12.1 Å². The van der Waals surface area contributed by atoms with Crippen molar-refractivity contribution in [2.75, 3.05) is 56.2 Å². The Hall–Kier alpha value is -2.93. The minimum atomic E-state index is -1.25. The number of aromatic nitrogens is 2. The number of aliphatic hydroxyl groups is 1. The third-order valence-corrected chi connectivity index (χ3v) is 7.98. The van der Waals surface area contributed by atoms with Crippen molar-refractivity contribution >= 4 is 11.5 Å². The molecule has 9 heteroatoms. The van der Waals surface area contributed by atoms with Crippen LogP contribution in [0, 0.1) is 25.2 Å². The first-order chi connectivity index (χ1) is 17.4. The number of likely N-dealkylation sites (tertiary alicyclic amines) is 1. The normalized spacial score (nSPS) is 24.5. The third-order valence-electron chi connectivity index (χ3n) is 7.98. The summed E-state index contributed by atoms with van der Waals surface area (Å²) in [7, 11) is 2.14. The molecule has 2 fully saturated rings. The number of fused-ring (bicyclic) bond motifs is 1. The smallest absolute Gasteiger partial charge is 0.318 e. The van der Waals surface area contributed by atoms with Gasteiger partial charge >= 0.3 is 6.01 Å². The maximum atomic E-state index is 10.9. The fourth-order valence-electron chi connectivity index (χ4n) is 5.66. The van der Waals surface area contributed by atoms with E-state index in [4.69, 9.17) is 14.7 Å². The number of hydrogen-bond donors (Lipinski definition) is 2. The Morgan fingerprint density at radius 2 is 2.08 bits per heavy atom. The number of nitrogens with zero attached hydrogens (tertiary/aromatic N) is 6. The Morgan fingerprint density at radius 3 is 2.86 bits per heavy atom. The summed E-state index contributed by atoms with van der Waals surface area (Å²) in [5.41, 5.74) is 4.65. The number of rotatable bonds is 6. The molecule has 1 aromatic heterocycles. The van der Waals surface area contributed by atoms with E-state index in [0.29, 0.717) is 44.8 Å². The number of benzene rings is 1. The van der Waals surface area contributed by atoms with Gasteiger partial charge in [-0.1, -0.05) is 12.1 Å². The van der Waals surface area contributed by atoms with Crippen LogP contribution >= 0.6 is 0 Å². The van der Waals surface area contributed by atoms with Crippen LogP contribution in [0.2, 0.25) is 0 Å². The molecule has 9 nitrogen and oxygen atoms in total. The van der Waals surface area contributed by atoms with Gasteiger partial charge in [0.25, 0.3) is 0 Å².